The molecule has 2 unspecified atom stereocenters. The molecule has 2 bridgehead atoms. The van der Waals surface area contributed by atoms with Crippen molar-refractivity contribution in [1.82, 2.24) is 4.90 Å². The summed E-state index contributed by atoms with van der Waals surface area (Å²) >= 11 is 0. The smallest absolute Gasteiger partial charge is 0.0980 e. The Morgan fingerprint density at radius 2 is 1.93 bits per heavy atom. The summed E-state index contributed by atoms with van der Waals surface area (Å²) in [6.45, 7) is 9.27. The van der Waals surface area contributed by atoms with Crippen LogP contribution in [0.1, 0.15) is 33.6 Å². The van der Waals surface area contributed by atoms with E-state index in [4.69, 9.17) is 5.73 Å². The summed E-state index contributed by atoms with van der Waals surface area (Å²) in [5.74, 6) is 0.711. The average molecular weight is 212 g/mol. The van der Waals surface area contributed by atoms with Crippen LogP contribution in [0.2, 0.25) is 0 Å². The van der Waals surface area contributed by atoms with E-state index in [-0.39, 0.29) is 0 Å². The van der Waals surface area contributed by atoms with Crippen LogP contribution >= 0.6 is 0 Å². The van der Waals surface area contributed by atoms with Gasteiger partial charge in [0.15, 0.2) is 0 Å². The van der Waals surface area contributed by atoms with Crippen molar-refractivity contribution in [3.63, 3.8) is 0 Å². The molecule has 3 saturated heterocycles. The highest BCUT2D eigenvalue weighted by molar-refractivity contribution is 5.11. The predicted octanol–water partition coefficient (Wildman–Crippen LogP) is 0.817. The SMILES string of the molecule is CC(C)C(C)(N)C1(O)CN2CCC1CC2. The van der Waals surface area contributed by atoms with E-state index in [2.05, 4.69) is 18.7 Å². The minimum absolute atomic E-state index is 0.308. The molecule has 3 aliphatic heterocycles. The van der Waals surface area contributed by atoms with E-state index in [1.165, 1.54) is 0 Å². The average Bonchev–Trinajstić information content (AvgIpc) is 2.18. The number of aliphatic hydroxyl groups is 1. The van der Waals surface area contributed by atoms with Gasteiger partial charge < -0.3 is 15.7 Å². The molecule has 0 aromatic carbocycles. The molecule has 3 heteroatoms. The fraction of sp³-hybridized carbons (Fsp3) is 1.00. The Bertz CT molecular complexity index is 244. The van der Waals surface area contributed by atoms with E-state index in [0.717, 1.165) is 32.5 Å². The third-order valence-corrected chi connectivity index (χ3v) is 4.86. The molecule has 3 heterocycles. The molecule has 0 aromatic rings. The molecule has 15 heavy (non-hydrogen) atoms. The molecule has 0 amide bonds. The number of hydrogen-bond donors (Lipinski definition) is 2. The van der Waals surface area contributed by atoms with Gasteiger partial charge >= 0.3 is 0 Å². The highest BCUT2D eigenvalue weighted by Crippen LogP contribution is 2.43. The highest BCUT2D eigenvalue weighted by Gasteiger charge is 2.55. The van der Waals surface area contributed by atoms with Crippen molar-refractivity contribution in [2.45, 2.75) is 44.8 Å². The number of hydrogen-bond acceptors (Lipinski definition) is 3. The van der Waals surface area contributed by atoms with Crippen molar-refractivity contribution in [2.24, 2.45) is 17.6 Å². The monoisotopic (exact) mass is 212 g/mol. The fourth-order valence-corrected chi connectivity index (χ4v) is 3.15. The van der Waals surface area contributed by atoms with Crippen LogP contribution in [0.15, 0.2) is 0 Å². The van der Waals surface area contributed by atoms with Gasteiger partial charge in [0.05, 0.1) is 5.60 Å². The van der Waals surface area contributed by atoms with Crippen LogP contribution in [-0.2, 0) is 0 Å². The van der Waals surface area contributed by atoms with Gasteiger partial charge in [-0.1, -0.05) is 13.8 Å². The molecule has 3 aliphatic rings. The van der Waals surface area contributed by atoms with E-state index in [1.54, 1.807) is 0 Å². The Labute approximate surface area is 92.6 Å². The molecule has 2 atom stereocenters. The standard InChI is InChI=1S/C12H24N2O/c1-9(2)11(3,13)12(15)8-14-6-4-10(12)5-7-14/h9-10,15H,4-8,13H2,1-3H3. The topological polar surface area (TPSA) is 49.5 Å². The molecular weight excluding hydrogens is 188 g/mol. The first-order chi connectivity index (χ1) is 6.88. The van der Waals surface area contributed by atoms with E-state index >= 15 is 0 Å². The number of nitrogens with two attached hydrogens (primary N) is 1. The maximum absolute atomic E-state index is 10.9. The maximum Gasteiger partial charge on any atom is 0.0980 e. The summed E-state index contributed by atoms with van der Waals surface area (Å²) in [4.78, 5) is 2.35. The first kappa shape index (κ1) is 11.4. The molecule has 3 fully saturated rings. The van der Waals surface area contributed by atoms with E-state index in [9.17, 15) is 5.11 Å². The van der Waals surface area contributed by atoms with Gasteiger partial charge in [-0.25, -0.2) is 0 Å². The van der Waals surface area contributed by atoms with Gasteiger partial charge in [-0.3, -0.25) is 0 Å². The molecular formula is C12H24N2O. The van der Waals surface area contributed by atoms with Crippen LogP contribution in [0.4, 0.5) is 0 Å². The van der Waals surface area contributed by atoms with Gasteiger partial charge in [-0.05, 0) is 44.7 Å². The molecule has 0 saturated carbocycles. The molecule has 3 rings (SSSR count). The molecule has 3 nitrogen and oxygen atoms in total. The maximum atomic E-state index is 10.9. The summed E-state index contributed by atoms with van der Waals surface area (Å²) < 4.78 is 0. The van der Waals surface area contributed by atoms with Crippen LogP contribution in [-0.4, -0.2) is 40.8 Å². The quantitative estimate of drug-likeness (QED) is 0.712. The Morgan fingerprint density at radius 1 is 1.40 bits per heavy atom. The molecule has 0 radical (unpaired) electrons. The third-order valence-electron chi connectivity index (χ3n) is 4.86. The van der Waals surface area contributed by atoms with Crippen molar-refractivity contribution < 1.29 is 5.11 Å². The second-order valence-corrected chi connectivity index (χ2v) is 5.91. The van der Waals surface area contributed by atoms with Crippen LogP contribution < -0.4 is 5.73 Å². The van der Waals surface area contributed by atoms with Gasteiger partial charge in [0, 0.05) is 12.1 Å². The van der Waals surface area contributed by atoms with Crippen LogP contribution in [0.5, 0.6) is 0 Å². The Hall–Kier alpha value is -0.120. The first-order valence-corrected chi connectivity index (χ1v) is 6.11. The lowest BCUT2D eigenvalue weighted by molar-refractivity contribution is -0.161. The molecule has 3 N–H and O–H groups in total. The summed E-state index contributed by atoms with van der Waals surface area (Å²) in [6, 6.07) is 0. The Kier molecular flexibility index (Phi) is 2.61. The zero-order chi connectivity index (χ0) is 11.3. The zero-order valence-corrected chi connectivity index (χ0v) is 10.2. The van der Waals surface area contributed by atoms with Crippen molar-refractivity contribution >= 4 is 0 Å². The fourth-order valence-electron chi connectivity index (χ4n) is 3.15. The normalized spacial score (nSPS) is 44.4. The van der Waals surface area contributed by atoms with Gasteiger partial charge in [-0.15, -0.1) is 0 Å². The minimum Gasteiger partial charge on any atom is -0.386 e. The van der Waals surface area contributed by atoms with E-state index in [0.29, 0.717) is 11.8 Å². The largest absolute Gasteiger partial charge is 0.386 e. The summed E-state index contributed by atoms with van der Waals surface area (Å²) in [6.07, 6.45) is 2.21. The summed E-state index contributed by atoms with van der Waals surface area (Å²) in [7, 11) is 0. The van der Waals surface area contributed by atoms with E-state index < -0.39 is 11.1 Å². The lowest BCUT2D eigenvalue weighted by Gasteiger charge is -2.58. The number of rotatable bonds is 2. The predicted molar refractivity (Wildman–Crippen MR) is 61.5 cm³/mol. The van der Waals surface area contributed by atoms with Gasteiger partial charge in [0.25, 0.3) is 0 Å². The second kappa shape index (κ2) is 3.44. The number of piperidine rings is 3. The third kappa shape index (κ3) is 1.52. The van der Waals surface area contributed by atoms with E-state index in [1.807, 2.05) is 6.92 Å². The van der Waals surface area contributed by atoms with Crippen LogP contribution in [0.3, 0.4) is 0 Å². The minimum atomic E-state index is -0.683. The zero-order valence-electron chi connectivity index (χ0n) is 10.2. The first-order valence-electron chi connectivity index (χ1n) is 6.11. The second-order valence-electron chi connectivity index (χ2n) is 5.91. The van der Waals surface area contributed by atoms with Crippen LogP contribution in [0, 0.1) is 11.8 Å². The molecule has 88 valence electrons. The molecule has 0 aromatic heterocycles. The highest BCUT2D eigenvalue weighted by atomic mass is 16.3. The van der Waals surface area contributed by atoms with Crippen LogP contribution in [0.25, 0.3) is 0 Å². The number of fused-ring (bicyclic) bond motifs is 3. The lowest BCUT2D eigenvalue weighted by Crippen LogP contribution is -2.73. The van der Waals surface area contributed by atoms with Gasteiger partial charge in [-0.2, -0.15) is 0 Å². The Morgan fingerprint density at radius 3 is 2.27 bits per heavy atom. The van der Waals surface area contributed by atoms with Gasteiger partial charge in [0.2, 0.25) is 0 Å². The number of nitrogens with zero attached hydrogens (tertiary/aromatic N) is 1. The van der Waals surface area contributed by atoms with Crippen molar-refractivity contribution in [3.8, 4) is 0 Å². The van der Waals surface area contributed by atoms with Gasteiger partial charge in [0.1, 0.15) is 0 Å². The Balaban J connectivity index is 2.26. The van der Waals surface area contributed by atoms with Crippen molar-refractivity contribution in [1.29, 1.82) is 0 Å². The summed E-state index contributed by atoms with van der Waals surface area (Å²) in [5.41, 5.74) is 5.22. The van der Waals surface area contributed by atoms with Crippen molar-refractivity contribution in [3.05, 3.63) is 0 Å². The summed E-state index contributed by atoms with van der Waals surface area (Å²) in [5, 5.41) is 10.9. The van der Waals surface area contributed by atoms with Crippen molar-refractivity contribution in [2.75, 3.05) is 19.6 Å². The molecule has 0 spiro atoms. The lowest BCUT2D eigenvalue weighted by atomic mass is 9.62. The molecule has 0 aliphatic carbocycles.